The van der Waals surface area contributed by atoms with Crippen molar-refractivity contribution in [1.29, 1.82) is 0 Å². The van der Waals surface area contributed by atoms with Crippen molar-refractivity contribution in [2.45, 2.75) is 48.7 Å². The summed E-state index contributed by atoms with van der Waals surface area (Å²) >= 11 is 1.41. The number of amides is 2. The molecule has 1 fully saturated rings. The summed E-state index contributed by atoms with van der Waals surface area (Å²) in [5, 5.41) is 2.55. The van der Waals surface area contributed by atoms with Crippen LogP contribution in [-0.2, 0) is 19.4 Å². The number of thioether (sulfide) groups is 1. The Bertz CT molecular complexity index is 845. The molecule has 2 amide bonds. The first-order valence-corrected chi connectivity index (χ1v) is 11.8. The van der Waals surface area contributed by atoms with Crippen LogP contribution < -0.4 is 5.32 Å². The SMILES string of the molecule is CC1CCN(C(=O)C(C)CS(=O)(=O)c2ccc3c(c2)NC(=O)C(C)S3)CC1. The van der Waals surface area contributed by atoms with E-state index in [1.165, 1.54) is 17.8 Å². The predicted molar refractivity (Wildman–Crippen MR) is 107 cm³/mol. The average Bonchev–Trinajstić information content (AvgIpc) is 2.62. The van der Waals surface area contributed by atoms with Crippen molar-refractivity contribution in [2.75, 3.05) is 24.2 Å². The molecule has 0 aliphatic carbocycles. The molecule has 1 N–H and O–H groups in total. The topological polar surface area (TPSA) is 83.6 Å². The molecule has 0 spiro atoms. The van der Waals surface area contributed by atoms with Gasteiger partial charge in [0.05, 0.1) is 21.6 Å². The molecule has 1 aromatic rings. The van der Waals surface area contributed by atoms with Crippen LogP contribution in [0.5, 0.6) is 0 Å². The third-order valence-electron chi connectivity index (χ3n) is 5.23. The lowest BCUT2D eigenvalue weighted by Crippen LogP contribution is -2.42. The number of anilines is 1. The van der Waals surface area contributed by atoms with Crippen LogP contribution in [0, 0.1) is 11.8 Å². The van der Waals surface area contributed by atoms with Crippen LogP contribution in [0.2, 0.25) is 0 Å². The first-order chi connectivity index (χ1) is 12.7. The zero-order valence-electron chi connectivity index (χ0n) is 15.9. The molecule has 2 aliphatic heterocycles. The summed E-state index contributed by atoms with van der Waals surface area (Å²) in [5.74, 6) is -0.442. The fourth-order valence-corrected chi connectivity index (χ4v) is 5.92. The minimum atomic E-state index is -3.63. The third-order valence-corrected chi connectivity index (χ3v) is 8.32. The van der Waals surface area contributed by atoms with Crippen molar-refractivity contribution >= 4 is 39.1 Å². The largest absolute Gasteiger partial charge is 0.342 e. The highest BCUT2D eigenvalue weighted by atomic mass is 32.2. The van der Waals surface area contributed by atoms with Crippen molar-refractivity contribution in [3.63, 3.8) is 0 Å². The number of carbonyl (C=O) groups excluding carboxylic acids is 2. The van der Waals surface area contributed by atoms with Gasteiger partial charge in [-0.3, -0.25) is 9.59 Å². The number of rotatable bonds is 4. The van der Waals surface area contributed by atoms with Crippen LogP contribution in [0.3, 0.4) is 0 Å². The van der Waals surface area contributed by atoms with E-state index in [9.17, 15) is 18.0 Å². The number of sulfone groups is 1. The van der Waals surface area contributed by atoms with Crippen molar-refractivity contribution < 1.29 is 18.0 Å². The number of fused-ring (bicyclic) bond motifs is 1. The van der Waals surface area contributed by atoms with E-state index in [2.05, 4.69) is 12.2 Å². The summed E-state index contributed by atoms with van der Waals surface area (Å²) in [6.45, 7) is 7.05. The Kier molecular flexibility index (Phi) is 5.86. The monoisotopic (exact) mass is 410 g/mol. The standard InChI is InChI=1S/C19H26N2O4S2/c1-12-6-8-21(9-7-12)19(23)13(2)11-27(24,25)15-4-5-17-16(10-15)20-18(22)14(3)26-17/h4-5,10,12-14H,6-9,11H2,1-3H3,(H,20,22). The van der Waals surface area contributed by atoms with E-state index in [-0.39, 0.29) is 27.7 Å². The van der Waals surface area contributed by atoms with Gasteiger partial charge in [0, 0.05) is 23.9 Å². The molecule has 1 saturated heterocycles. The van der Waals surface area contributed by atoms with Gasteiger partial charge in [0.2, 0.25) is 11.8 Å². The van der Waals surface area contributed by atoms with Gasteiger partial charge >= 0.3 is 0 Å². The summed E-state index contributed by atoms with van der Waals surface area (Å²) < 4.78 is 25.6. The zero-order chi connectivity index (χ0) is 19.8. The molecule has 2 heterocycles. The van der Waals surface area contributed by atoms with Crippen LogP contribution in [0.15, 0.2) is 28.0 Å². The minimum absolute atomic E-state index is 0.0962. The van der Waals surface area contributed by atoms with Crippen LogP contribution in [0.1, 0.15) is 33.6 Å². The number of likely N-dealkylation sites (tertiary alicyclic amines) is 1. The Balaban J connectivity index is 1.72. The molecule has 2 atom stereocenters. The van der Waals surface area contributed by atoms with Crippen LogP contribution in [0.4, 0.5) is 5.69 Å². The maximum atomic E-state index is 12.8. The second-order valence-corrected chi connectivity index (χ2v) is 11.0. The molecule has 8 heteroatoms. The van der Waals surface area contributed by atoms with E-state index < -0.39 is 15.8 Å². The quantitative estimate of drug-likeness (QED) is 0.825. The molecule has 0 saturated carbocycles. The van der Waals surface area contributed by atoms with Gasteiger partial charge in [-0.25, -0.2) is 8.42 Å². The minimum Gasteiger partial charge on any atom is -0.342 e. The Hall–Kier alpha value is -1.54. The molecule has 2 unspecified atom stereocenters. The van der Waals surface area contributed by atoms with Gasteiger partial charge in [-0.1, -0.05) is 13.8 Å². The highest BCUT2D eigenvalue weighted by Crippen LogP contribution is 2.37. The lowest BCUT2D eigenvalue weighted by molar-refractivity contribution is -0.135. The number of hydrogen-bond donors (Lipinski definition) is 1. The summed E-state index contributed by atoms with van der Waals surface area (Å²) in [6, 6.07) is 4.79. The normalized spacial score (nSPS) is 22.1. The van der Waals surface area contributed by atoms with E-state index in [0.29, 0.717) is 24.7 Å². The van der Waals surface area contributed by atoms with Crippen LogP contribution in [0.25, 0.3) is 0 Å². The molecular weight excluding hydrogens is 384 g/mol. The second-order valence-electron chi connectivity index (χ2n) is 7.60. The predicted octanol–water partition coefficient (Wildman–Crippen LogP) is 2.79. The molecule has 148 valence electrons. The highest BCUT2D eigenvalue weighted by molar-refractivity contribution is 8.01. The first kappa shape index (κ1) is 20.2. The van der Waals surface area contributed by atoms with Gasteiger partial charge in [0.1, 0.15) is 0 Å². The van der Waals surface area contributed by atoms with Gasteiger partial charge in [-0.2, -0.15) is 0 Å². The Morgan fingerprint density at radius 1 is 1.30 bits per heavy atom. The fraction of sp³-hybridized carbons (Fsp3) is 0.579. The molecular formula is C19H26N2O4S2. The van der Waals surface area contributed by atoms with E-state index in [1.54, 1.807) is 24.0 Å². The number of carbonyl (C=O) groups is 2. The van der Waals surface area contributed by atoms with Gasteiger partial charge < -0.3 is 10.2 Å². The van der Waals surface area contributed by atoms with Crippen LogP contribution in [-0.4, -0.2) is 49.2 Å². The Morgan fingerprint density at radius 3 is 2.63 bits per heavy atom. The number of hydrogen-bond acceptors (Lipinski definition) is 5. The number of piperidine rings is 1. The Morgan fingerprint density at radius 2 is 1.96 bits per heavy atom. The van der Waals surface area contributed by atoms with Crippen molar-refractivity contribution in [1.82, 2.24) is 4.90 Å². The maximum Gasteiger partial charge on any atom is 0.237 e. The van der Waals surface area contributed by atoms with Gasteiger partial charge in [0.25, 0.3) is 0 Å². The number of nitrogens with one attached hydrogen (secondary N) is 1. The van der Waals surface area contributed by atoms with E-state index >= 15 is 0 Å². The van der Waals surface area contributed by atoms with E-state index in [0.717, 1.165) is 17.7 Å². The molecule has 2 aliphatic rings. The second kappa shape index (κ2) is 7.83. The molecule has 0 radical (unpaired) electrons. The zero-order valence-corrected chi connectivity index (χ0v) is 17.5. The number of nitrogens with zero attached hydrogens (tertiary/aromatic N) is 1. The van der Waals surface area contributed by atoms with Crippen molar-refractivity contribution in [3.05, 3.63) is 18.2 Å². The maximum absolute atomic E-state index is 12.8. The van der Waals surface area contributed by atoms with Gasteiger partial charge in [0.15, 0.2) is 9.84 Å². The molecule has 6 nitrogen and oxygen atoms in total. The molecule has 0 bridgehead atoms. The average molecular weight is 411 g/mol. The van der Waals surface area contributed by atoms with Crippen LogP contribution >= 0.6 is 11.8 Å². The highest BCUT2D eigenvalue weighted by Gasteiger charge is 2.30. The van der Waals surface area contributed by atoms with E-state index in [4.69, 9.17) is 0 Å². The molecule has 1 aromatic carbocycles. The third kappa shape index (κ3) is 4.48. The fourth-order valence-electron chi connectivity index (χ4n) is 3.42. The van der Waals surface area contributed by atoms with E-state index in [1.807, 2.05) is 6.92 Å². The van der Waals surface area contributed by atoms with Crippen molar-refractivity contribution in [3.8, 4) is 0 Å². The number of benzene rings is 1. The van der Waals surface area contributed by atoms with Gasteiger partial charge in [-0.15, -0.1) is 11.8 Å². The van der Waals surface area contributed by atoms with Gasteiger partial charge in [-0.05, 0) is 43.9 Å². The Labute approximate surface area is 165 Å². The lowest BCUT2D eigenvalue weighted by atomic mass is 9.98. The molecule has 0 aromatic heterocycles. The molecule has 3 rings (SSSR count). The lowest BCUT2D eigenvalue weighted by Gasteiger charge is -2.32. The molecule has 27 heavy (non-hydrogen) atoms. The summed E-state index contributed by atoms with van der Waals surface area (Å²) in [4.78, 5) is 27.3. The smallest absolute Gasteiger partial charge is 0.237 e. The summed E-state index contributed by atoms with van der Waals surface area (Å²) in [6.07, 6.45) is 1.93. The summed E-state index contributed by atoms with van der Waals surface area (Å²) in [5.41, 5.74) is 0.521. The summed E-state index contributed by atoms with van der Waals surface area (Å²) in [7, 11) is -3.63. The first-order valence-electron chi connectivity index (χ1n) is 9.30. The van der Waals surface area contributed by atoms with Crippen molar-refractivity contribution in [2.24, 2.45) is 11.8 Å².